The Morgan fingerprint density at radius 2 is 1.75 bits per heavy atom. The van der Waals surface area contributed by atoms with Crippen molar-refractivity contribution in [3.05, 3.63) is 59.7 Å². The number of nitrogens with one attached hydrogen (secondary N) is 1. The van der Waals surface area contributed by atoms with E-state index in [1.807, 2.05) is 36.4 Å². The molecular weight excluding hydrogens is 346 g/mol. The molecule has 4 nitrogen and oxygen atoms in total. The lowest BCUT2D eigenvalue weighted by molar-refractivity contribution is -0.117. The van der Waals surface area contributed by atoms with Gasteiger partial charge < -0.3 is 15.1 Å². The van der Waals surface area contributed by atoms with Gasteiger partial charge in [0.2, 0.25) is 5.91 Å². The van der Waals surface area contributed by atoms with E-state index >= 15 is 0 Å². The molecule has 1 atom stereocenters. The highest BCUT2D eigenvalue weighted by atomic mass is 16.1. The number of hydrogen-bond donors (Lipinski definition) is 1. The van der Waals surface area contributed by atoms with E-state index in [1.54, 1.807) is 0 Å². The second kappa shape index (κ2) is 9.74. The number of carbonyl (C=O) groups is 1. The summed E-state index contributed by atoms with van der Waals surface area (Å²) in [6, 6.07) is 16.4. The van der Waals surface area contributed by atoms with Crippen LogP contribution in [0.1, 0.15) is 43.7 Å². The predicted molar refractivity (Wildman–Crippen MR) is 118 cm³/mol. The first kappa shape index (κ1) is 20.4. The van der Waals surface area contributed by atoms with Crippen LogP contribution in [0.2, 0.25) is 0 Å². The van der Waals surface area contributed by atoms with Crippen LogP contribution in [0.25, 0.3) is 0 Å². The molecule has 1 aliphatic rings. The van der Waals surface area contributed by atoms with Crippen molar-refractivity contribution in [3.63, 3.8) is 0 Å². The summed E-state index contributed by atoms with van der Waals surface area (Å²) >= 11 is 0. The number of anilines is 2. The van der Waals surface area contributed by atoms with Crippen molar-refractivity contribution in [3.8, 4) is 0 Å². The van der Waals surface area contributed by atoms with Gasteiger partial charge in [0.15, 0.2) is 0 Å². The molecule has 0 radical (unpaired) electrons. The molecule has 0 unspecified atom stereocenters. The van der Waals surface area contributed by atoms with Crippen LogP contribution in [0.3, 0.4) is 0 Å². The SMILES string of the molecule is CCC[C@@H](C(=O)Nc1ccc(N2CCN(CC)CC2)c(C)c1)c1ccccc1. The third-order valence-corrected chi connectivity index (χ3v) is 5.72. The summed E-state index contributed by atoms with van der Waals surface area (Å²) in [5.41, 5.74) is 4.47. The first-order valence-corrected chi connectivity index (χ1v) is 10.6. The maximum Gasteiger partial charge on any atom is 0.231 e. The average Bonchev–Trinajstić information content (AvgIpc) is 2.73. The molecule has 1 amide bonds. The van der Waals surface area contributed by atoms with E-state index in [1.165, 1.54) is 11.3 Å². The molecule has 0 spiro atoms. The summed E-state index contributed by atoms with van der Waals surface area (Å²) in [5, 5.41) is 3.15. The lowest BCUT2D eigenvalue weighted by Crippen LogP contribution is -2.46. The minimum atomic E-state index is -0.103. The highest BCUT2D eigenvalue weighted by Gasteiger charge is 2.21. The van der Waals surface area contributed by atoms with Gasteiger partial charge in [0.25, 0.3) is 0 Å². The van der Waals surface area contributed by atoms with Crippen LogP contribution in [0.15, 0.2) is 48.5 Å². The first-order chi connectivity index (χ1) is 13.6. The van der Waals surface area contributed by atoms with E-state index < -0.39 is 0 Å². The Morgan fingerprint density at radius 3 is 2.36 bits per heavy atom. The lowest BCUT2D eigenvalue weighted by atomic mass is 9.93. The zero-order valence-electron chi connectivity index (χ0n) is 17.4. The van der Waals surface area contributed by atoms with Crippen LogP contribution in [0, 0.1) is 6.92 Å². The van der Waals surface area contributed by atoms with E-state index in [9.17, 15) is 4.79 Å². The fraction of sp³-hybridized carbons (Fsp3) is 0.458. The molecule has 1 N–H and O–H groups in total. The second-order valence-corrected chi connectivity index (χ2v) is 7.66. The van der Waals surface area contributed by atoms with Gasteiger partial charge in [-0.3, -0.25) is 4.79 Å². The third kappa shape index (κ3) is 4.93. The number of nitrogens with zero attached hydrogens (tertiary/aromatic N) is 2. The Hall–Kier alpha value is -2.33. The molecular formula is C24H33N3O. The van der Waals surface area contributed by atoms with Crippen molar-refractivity contribution in [2.45, 2.75) is 39.5 Å². The Morgan fingerprint density at radius 1 is 1.04 bits per heavy atom. The molecule has 4 heteroatoms. The van der Waals surface area contributed by atoms with Gasteiger partial charge in [-0.15, -0.1) is 0 Å². The average molecular weight is 380 g/mol. The topological polar surface area (TPSA) is 35.6 Å². The van der Waals surface area contributed by atoms with Crippen LogP contribution in [0.5, 0.6) is 0 Å². The summed E-state index contributed by atoms with van der Waals surface area (Å²) in [6.07, 6.45) is 1.84. The van der Waals surface area contributed by atoms with Crippen molar-refractivity contribution < 1.29 is 4.79 Å². The molecule has 0 aromatic heterocycles. The molecule has 3 rings (SSSR count). The number of rotatable bonds is 7. The molecule has 1 aliphatic heterocycles. The number of hydrogen-bond acceptors (Lipinski definition) is 3. The van der Waals surface area contributed by atoms with E-state index in [2.05, 4.69) is 48.0 Å². The maximum atomic E-state index is 12.9. The van der Waals surface area contributed by atoms with Crippen molar-refractivity contribution >= 4 is 17.3 Å². The smallest absolute Gasteiger partial charge is 0.231 e. The Balaban J connectivity index is 1.69. The number of amides is 1. The summed E-state index contributed by atoms with van der Waals surface area (Å²) in [7, 11) is 0. The number of benzene rings is 2. The Kier molecular flexibility index (Phi) is 7.10. The quantitative estimate of drug-likeness (QED) is 0.760. The minimum absolute atomic E-state index is 0.0803. The monoisotopic (exact) mass is 379 g/mol. The highest BCUT2D eigenvalue weighted by molar-refractivity contribution is 5.96. The molecule has 0 bridgehead atoms. The van der Waals surface area contributed by atoms with E-state index in [0.717, 1.165) is 56.8 Å². The maximum absolute atomic E-state index is 12.9. The fourth-order valence-corrected chi connectivity index (χ4v) is 4.05. The minimum Gasteiger partial charge on any atom is -0.369 e. The zero-order valence-corrected chi connectivity index (χ0v) is 17.4. The molecule has 2 aromatic carbocycles. The zero-order chi connectivity index (χ0) is 19.9. The third-order valence-electron chi connectivity index (χ3n) is 5.72. The van der Waals surface area contributed by atoms with E-state index in [-0.39, 0.29) is 11.8 Å². The summed E-state index contributed by atoms with van der Waals surface area (Å²) in [6.45, 7) is 12.0. The molecule has 0 aliphatic carbocycles. The molecule has 0 saturated carbocycles. The molecule has 1 fully saturated rings. The van der Waals surface area contributed by atoms with Crippen LogP contribution >= 0.6 is 0 Å². The number of piperazine rings is 1. The van der Waals surface area contributed by atoms with Gasteiger partial charge in [0.1, 0.15) is 0 Å². The normalized spacial score (nSPS) is 16.0. The van der Waals surface area contributed by atoms with Crippen molar-refractivity contribution in [1.29, 1.82) is 0 Å². The summed E-state index contributed by atoms with van der Waals surface area (Å²) in [5.74, 6) is -0.0231. The van der Waals surface area contributed by atoms with Crippen LogP contribution < -0.4 is 10.2 Å². The van der Waals surface area contributed by atoms with Gasteiger partial charge in [-0.2, -0.15) is 0 Å². The van der Waals surface area contributed by atoms with Crippen molar-refractivity contribution in [2.24, 2.45) is 0 Å². The summed E-state index contributed by atoms with van der Waals surface area (Å²) < 4.78 is 0. The summed E-state index contributed by atoms with van der Waals surface area (Å²) in [4.78, 5) is 17.9. The molecule has 1 saturated heterocycles. The Labute approximate surface area is 169 Å². The van der Waals surface area contributed by atoms with Crippen LogP contribution in [0.4, 0.5) is 11.4 Å². The molecule has 150 valence electrons. The van der Waals surface area contributed by atoms with Gasteiger partial charge in [-0.25, -0.2) is 0 Å². The highest BCUT2D eigenvalue weighted by Crippen LogP contribution is 2.27. The lowest BCUT2D eigenvalue weighted by Gasteiger charge is -2.36. The van der Waals surface area contributed by atoms with E-state index in [0.29, 0.717) is 0 Å². The fourth-order valence-electron chi connectivity index (χ4n) is 4.05. The van der Waals surface area contributed by atoms with Crippen molar-refractivity contribution in [1.82, 2.24) is 4.90 Å². The predicted octanol–water partition coefficient (Wildman–Crippen LogP) is 4.66. The van der Waals surface area contributed by atoms with Gasteiger partial charge in [-0.05, 0) is 49.2 Å². The van der Waals surface area contributed by atoms with Crippen LogP contribution in [-0.2, 0) is 4.79 Å². The number of aryl methyl sites for hydroxylation is 1. The Bertz CT molecular complexity index is 767. The van der Waals surface area contributed by atoms with Gasteiger partial charge >= 0.3 is 0 Å². The number of carbonyl (C=O) groups excluding carboxylic acids is 1. The van der Waals surface area contributed by atoms with Crippen molar-refractivity contribution in [2.75, 3.05) is 42.9 Å². The number of likely N-dealkylation sites (N-methyl/N-ethyl adjacent to an activating group) is 1. The van der Waals surface area contributed by atoms with E-state index in [4.69, 9.17) is 0 Å². The molecule has 1 heterocycles. The van der Waals surface area contributed by atoms with Gasteiger partial charge in [0.05, 0.1) is 5.92 Å². The van der Waals surface area contributed by atoms with Gasteiger partial charge in [0, 0.05) is 37.6 Å². The van der Waals surface area contributed by atoms with Crippen LogP contribution in [-0.4, -0.2) is 43.5 Å². The standard InChI is InChI=1S/C24H33N3O/c1-4-9-22(20-10-7-6-8-11-20)24(28)25-21-12-13-23(19(3)18-21)27-16-14-26(5-2)15-17-27/h6-8,10-13,18,22H,4-5,9,14-17H2,1-3H3,(H,25,28)/t22-/m1/s1. The molecule has 2 aromatic rings. The second-order valence-electron chi connectivity index (χ2n) is 7.66. The molecule has 28 heavy (non-hydrogen) atoms. The first-order valence-electron chi connectivity index (χ1n) is 10.6. The largest absolute Gasteiger partial charge is 0.369 e. The van der Waals surface area contributed by atoms with Gasteiger partial charge in [-0.1, -0.05) is 50.6 Å².